The van der Waals surface area contributed by atoms with Crippen molar-refractivity contribution >= 4 is 5.97 Å². The Bertz CT molecular complexity index is 535. The predicted octanol–water partition coefficient (Wildman–Crippen LogP) is 2.53. The molecule has 0 heterocycles. The molecule has 1 rings (SSSR count). The van der Waals surface area contributed by atoms with Gasteiger partial charge in [0.15, 0.2) is 0 Å². The number of rotatable bonds is 5. The van der Waals surface area contributed by atoms with Crippen LogP contribution in [0.3, 0.4) is 0 Å². The highest BCUT2D eigenvalue weighted by molar-refractivity contribution is 5.82. The van der Waals surface area contributed by atoms with Crippen molar-refractivity contribution in [2.24, 2.45) is 0 Å². The topological polar surface area (TPSA) is 44.8 Å². The summed E-state index contributed by atoms with van der Waals surface area (Å²) in [5.41, 5.74) is 0.797. The summed E-state index contributed by atoms with van der Waals surface area (Å²) in [5.74, 6) is 6.60. The van der Waals surface area contributed by atoms with E-state index in [1.807, 2.05) is 24.3 Å². The van der Waals surface area contributed by atoms with E-state index < -0.39 is 5.97 Å². The SMILES string of the molecule is CCOC(=O)/C=C(\C)OCC#Cc1ccccc1OC. The number of esters is 1. The molecule has 0 aliphatic heterocycles. The zero-order valence-corrected chi connectivity index (χ0v) is 11.9. The molecule has 0 aliphatic carbocycles. The van der Waals surface area contributed by atoms with Gasteiger partial charge in [-0.2, -0.15) is 0 Å². The van der Waals surface area contributed by atoms with E-state index in [4.69, 9.17) is 14.2 Å². The monoisotopic (exact) mass is 274 g/mol. The molecule has 0 saturated heterocycles. The Morgan fingerprint density at radius 1 is 1.30 bits per heavy atom. The van der Waals surface area contributed by atoms with Crippen molar-refractivity contribution in [3.05, 3.63) is 41.7 Å². The summed E-state index contributed by atoms with van der Waals surface area (Å²) >= 11 is 0. The van der Waals surface area contributed by atoms with Crippen molar-refractivity contribution < 1.29 is 19.0 Å². The Hall–Kier alpha value is -2.41. The quantitative estimate of drug-likeness (QED) is 0.358. The second-order valence-corrected chi connectivity index (χ2v) is 3.80. The highest BCUT2D eigenvalue weighted by atomic mass is 16.5. The molecule has 0 amide bonds. The largest absolute Gasteiger partial charge is 0.495 e. The molecule has 0 atom stereocenters. The highest BCUT2D eigenvalue weighted by Crippen LogP contribution is 2.15. The molecule has 0 N–H and O–H groups in total. The maximum absolute atomic E-state index is 11.2. The molecule has 106 valence electrons. The third kappa shape index (κ3) is 5.49. The molecule has 4 heteroatoms. The molecule has 20 heavy (non-hydrogen) atoms. The zero-order valence-electron chi connectivity index (χ0n) is 11.9. The molecule has 0 fully saturated rings. The van der Waals surface area contributed by atoms with Gasteiger partial charge in [0.1, 0.15) is 18.1 Å². The fraction of sp³-hybridized carbons (Fsp3) is 0.312. The number of hydrogen-bond donors (Lipinski definition) is 0. The van der Waals surface area contributed by atoms with Gasteiger partial charge in [-0.25, -0.2) is 4.79 Å². The summed E-state index contributed by atoms with van der Waals surface area (Å²) < 4.78 is 15.3. The number of carbonyl (C=O) groups excluding carboxylic acids is 1. The van der Waals surface area contributed by atoms with Gasteiger partial charge in [0.2, 0.25) is 0 Å². The first-order valence-corrected chi connectivity index (χ1v) is 6.27. The molecule has 1 aromatic rings. The number of para-hydroxylation sites is 1. The fourth-order valence-electron chi connectivity index (χ4n) is 1.42. The van der Waals surface area contributed by atoms with Crippen LogP contribution < -0.4 is 4.74 Å². The van der Waals surface area contributed by atoms with Gasteiger partial charge < -0.3 is 14.2 Å². The van der Waals surface area contributed by atoms with E-state index in [2.05, 4.69) is 11.8 Å². The van der Waals surface area contributed by atoms with Crippen LogP contribution in [0, 0.1) is 11.8 Å². The Kier molecular flexibility index (Phi) is 6.77. The van der Waals surface area contributed by atoms with Crippen molar-refractivity contribution in [1.82, 2.24) is 0 Å². The minimum absolute atomic E-state index is 0.194. The molecular formula is C16H18O4. The number of carbonyl (C=O) groups is 1. The van der Waals surface area contributed by atoms with Crippen LogP contribution in [0.2, 0.25) is 0 Å². The summed E-state index contributed by atoms with van der Waals surface area (Å²) in [4.78, 5) is 11.2. The van der Waals surface area contributed by atoms with Crippen LogP contribution >= 0.6 is 0 Å². The first-order chi connectivity index (χ1) is 9.67. The smallest absolute Gasteiger partial charge is 0.334 e. The van der Waals surface area contributed by atoms with E-state index in [1.54, 1.807) is 21.0 Å². The van der Waals surface area contributed by atoms with Crippen molar-refractivity contribution in [2.75, 3.05) is 20.3 Å². The maximum atomic E-state index is 11.2. The van der Waals surface area contributed by atoms with Gasteiger partial charge in [0, 0.05) is 0 Å². The standard InChI is InChI=1S/C16H18O4/c1-4-19-16(17)12-13(2)20-11-7-9-14-8-5-6-10-15(14)18-3/h5-6,8,10,12H,4,11H2,1-3H3/b13-12+. The van der Waals surface area contributed by atoms with Crippen LogP contribution in [-0.4, -0.2) is 26.3 Å². The lowest BCUT2D eigenvalue weighted by Crippen LogP contribution is -2.01. The van der Waals surface area contributed by atoms with Crippen LogP contribution in [0.15, 0.2) is 36.1 Å². The number of methoxy groups -OCH3 is 1. The van der Waals surface area contributed by atoms with E-state index in [9.17, 15) is 4.79 Å². The number of allylic oxidation sites excluding steroid dienone is 1. The normalized spacial score (nSPS) is 10.2. The van der Waals surface area contributed by atoms with Gasteiger partial charge in [-0.3, -0.25) is 0 Å². The minimum Gasteiger partial charge on any atom is -0.495 e. The van der Waals surface area contributed by atoms with E-state index >= 15 is 0 Å². The average Bonchev–Trinajstić information content (AvgIpc) is 2.44. The summed E-state index contributed by atoms with van der Waals surface area (Å²) in [6.07, 6.45) is 1.30. The van der Waals surface area contributed by atoms with E-state index in [1.165, 1.54) is 6.08 Å². The first-order valence-electron chi connectivity index (χ1n) is 6.27. The van der Waals surface area contributed by atoms with Crippen LogP contribution in [0.1, 0.15) is 19.4 Å². The molecule has 0 aliphatic rings. The average molecular weight is 274 g/mol. The van der Waals surface area contributed by atoms with E-state index in [-0.39, 0.29) is 6.61 Å². The summed E-state index contributed by atoms with van der Waals surface area (Å²) in [5, 5.41) is 0. The van der Waals surface area contributed by atoms with Crippen molar-refractivity contribution in [3.63, 3.8) is 0 Å². The summed E-state index contributed by atoms with van der Waals surface area (Å²) in [7, 11) is 1.60. The van der Waals surface area contributed by atoms with Crippen LogP contribution in [-0.2, 0) is 14.3 Å². The van der Waals surface area contributed by atoms with Crippen LogP contribution in [0.25, 0.3) is 0 Å². The van der Waals surface area contributed by atoms with E-state index in [0.29, 0.717) is 12.4 Å². The van der Waals surface area contributed by atoms with Gasteiger partial charge in [-0.15, -0.1) is 0 Å². The molecule has 0 radical (unpaired) electrons. The molecule has 1 aromatic carbocycles. The second kappa shape index (κ2) is 8.65. The van der Waals surface area contributed by atoms with E-state index in [0.717, 1.165) is 11.3 Å². The van der Waals surface area contributed by atoms with Gasteiger partial charge >= 0.3 is 5.97 Å². The maximum Gasteiger partial charge on any atom is 0.334 e. The van der Waals surface area contributed by atoms with Gasteiger partial charge in [-0.1, -0.05) is 24.0 Å². The molecular weight excluding hydrogens is 256 g/mol. The molecule has 0 bridgehead atoms. The molecule has 0 spiro atoms. The number of hydrogen-bond acceptors (Lipinski definition) is 4. The minimum atomic E-state index is -0.414. The lowest BCUT2D eigenvalue weighted by molar-refractivity contribution is -0.137. The predicted molar refractivity (Wildman–Crippen MR) is 76.2 cm³/mol. The molecule has 4 nitrogen and oxygen atoms in total. The first kappa shape index (κ1) is 15.6. The highest BCUT2D eigenvalue weighted by Gasteiger charge is 1.98. The number of ether oxygens (including phenoxy) is 3. The molecule has 0 aromatic heterocycles. The van der Waals surface area contributed by atoms with Crippen molar-refractivity contribution in [1.29, 1.82) is 0 Å². The third-order valence-corrected chi connectivity index (χ3v) is 2.31. The summed E-state index contributed by atoms with van der Waals surface area (Å²) in [6.45, 7) is 3.97. The lowest BCUT2D eigenvalue weighted by atomic mass is 10.2. The van der Waals surface area contributed by atoms with Crippen LogP contribution in [0.5, 0.6) is 5.75 Å². The molecule has 0 saturated carbocycles. The fourth-order valence-corrected chi connectivity index (χ4v) is 1.42. The van der Waals surface area contributed by atoms with Gasteiger partial charge in [0.25, 0.3) is 0 Å². The van der Waals surface area contributed by atoms with Crippen molar-refractivity contribution in [2.45, 2.75) is 13.8 Å². The van der Waals surface area contributed by atoms with Gasteiger partial charge in [0.05, 0.1) is 25.4 Å². The number of benzene rings is 1. The zero-order chi connectivity index (χ0) is 14.8. The van der Waals surface area contributed by atoms with Crippen molar-refractivity contribution in [3.8, 4) is 17.6 Å². The second-order valence-electron chi connectivity index (χ2n) is 3.80. The Morgan fingerprint density at radius 3 is 2.75 bits per heavy atom. The lowest BCUT2D eigenvalue weighted by Gasteiger charge is -2.02. The van der Waals surface area contributed by atoms with Gasteiger partial charge in [-0.05, 0) is 26.0 Å². The summed E-state index contributed by atoms with van der Waals surface area (Å²) in [6, 6.07) is 7.48. The van der Waals surface area contributed by atoms with Crippen LogP contribution in [0.4, 0.5) is 0 Å². The Labute approximate surface area is 119 Å². The Morgan fingerprint density at radius 2 is 2.05 bits per heavy atom. The Balaban J connectivity index is 2.53. The molecule has 0 unspecified atom stereocenters. The third-order valence-electron chi connectivity index (χ3n) is 2.31.